The fourth-order valence-electron chi connectivity index (χ4n) is 0.208. The molecule has 0 aromatic carbocycles. The molecule has 0 unspecified atom stereocenters. The van der Waals surface area contributed by atoms with E-state index in [4.69, 9.17) is 0 Å². The fraction of sp³-hybridized carbons (Fsp3) is 1.00. The molecule has 1 heterocycles. The maximum atomic E-state index is 4.61. The highest BCUT2D eigenvalue weighted by atomic mass is 32.2. The molecule has 1 fully saturated rings. The standard InChI is InChI=1S/C2H5NOS/c1-2-5-4-3-1/h3H,1-2H2. The first kappa shape index (κ1) is 3.46. The van der Waals surface area contributed by atoms with Crippen LogP contribution in [-0.4, -0.2) is 12.3 Å². The molecule has 3 heteroatoms. The monoisotopic (exact) mass is 91.0 g/mol. The van der Waals surface area contributed by atoms with Crippen molar-refractivity contribution in [1.29, 1.82) is 0 Å². The van der Waals surface area contributed by atoms with Crippen molar-refractivity contribution >= 4 is 12.0 Å². The minimum Gasteiger partial charge on any atom is -0.231 e. The van der Waals surface area contributed by atoms with Gasteiger partial charge in [-0.15, -0.1) is 0 Å². The third-order valence-electron chi connectivity index (χ3n) is 0.405. The zero-order valence-electron chi connectivity index (χ0n) is 2.73. The molecule has 0 radical (unpaired) electrons. The molecule has 0 atom stereocenters. The van der Waals surface area contributed by atoms with Gasteiger partial charge in [-0.2, -0.15) is 5.48 Å². The summed E-state index contributed by atoms with van der Waals surface area (Å²) in [5.74, 6) is 1.08. The van der Waals surface area contributed by atoms with E-state index in [0.29, 0.717) is 0 Å². The van der Waals surface area contributed by atoms with Crippen LogP contribution in [0.5, 0.6) is 0 Å². The second kappa shape index (κ2) is 1.64. The molecule has 0 saturated carbocycles. The maximum absolute atomic E-state index is 4.61. The van der Waals surface area contributed by atoms with E-state index < -0.39 is 0 Å². The predicted molar refractivity (Wildman–Crippen MR) is 21.5 cm³/mol. The molecule has 1 aliphatic rings. The van der Waals surface area contributed by atoms with Crippen molar-refractivity contribution in [2.24, 2.45) is 0 Å². The van der Waals surface area contributed by atoms with E-state index in [9.17, 15) is 0 Å². The van der Waals surface area contributed by atoms with Crippen molar-refractivity contribution in [2.45, 2.75) is 0 Å². The lowest BCUT2D eigenvalue weighted by Crippen LogP contribution is -2.02. The summed E-state index contributed by atoms with van der Waals surface area (Å²) in [4.78, 5) is 0. The molecule has 0 amide bonds. The van der Waals surface area contributed by atoms with Crippen LogP contribution in [0.4, 0.5) is 0 Å². The van der Waals surface area contributed by atoms with Crippen LogP contribution in [0.15, 0.2) is 0 Å². The van der Waals surface area contributed by atoms with Crippen LogP contribution >= 0.6 is 12.0 Å². The van der Waals surface area contributed by atoms with Gasteiger partial charge in [0.25, 0.3) is 0 Å². The van der Waals surface area contributed by atoms with Crippen LogP contribution in [0.2, 0.25) is 0 Å². The van der Waals surface area contributed by atoms with Crippen molar-refractivity contribution in [3.63, 3.8) is 0 Å². The molecule has 5 heavy (non-hydrogen) atoms. The quantitative estimate of drug-likeness (QED) is 0.429. The predicted octanol–water partition coefficient (Wildman–Crippen LogP) is 0.169. The minimum atomic E-state index is 0.991. The van der Waals surface area contributed by atoms with E-state index >= 15 is 0 Å². The van der Waals surface area contributed by atoms with Crippen LogP contribution in [-0.2, 0) is 4.28 Å². The van der Waals surface area contributed by atoms with Gasteiger partial charge >= 0.3 is 0 Å². The summed E-state index contributed by atoms with van der Waals surface area (Å²) >= 11 is 1.46. The Morgan fingerprint density at radius 3 is 3.00 bits per heavy atom. The summed E-state index contributed by atoms with van der Waals surface area (Å²) in [6.07, 6.45) is 0. The lowest BCUT2D eigenvalue weighted by molar-refractivity contribution is 0.272. The second-order valence-electron chi connectivity index (χ2n) is 0.800. The molecule has 0 aromatic rings. The van der Waals surface area contributed by atoms with Gasteiger partial charge in [0.2, 0.25) is 0 Å². The number of nitrogens with one attached hydrogen (secondary N) is 1. The summed E-state index contributed by atoms with van der Waals surface area (Å²) in [6, 6.07) is 0. The van der Waals surface area contributed by atoms with Gasteiger partial charge in [-0.1, -0.05) is 0 Å². The lowest BCUT2D eigenvalue weighted by Gasteiger charge is -1.77. The van der Waals surface area contributed by atoms with Gasteiger partial charge in [-0.25, -0.2) is 4.28 Å². The first-order valence-electron chi connectivity index (χ1n) is 1.51. The van der Waals surface area contributed by atoms with Crippen molar-refractivity contribution in [3.05, 3.63) is 0 Å². The molecule has 1 rings (SSSR count). The SMILES string of the molecule is C1CSON1. The fourth-order valence-corrected chi connectivity index (χ4v) is 0.625. The summed E-state index contributed by atoms with van der Waals surface area (Å²) in [6.45, 7) is 0.991. The summed E-state index contributed by atoms with van der Waals surface area (Å²) in [7, 11) is 0. The molecule has 0 spiro atoms. The topological polar surface area (TPSA) is 21.3 Å². The smallest absolute Gasteiger partial charge is 0.0366 e. The van der Waals surface area contributed by atoms with Crippen LogP contribution < -0.4 is 5.48 Å². The summed E-state index contributed by atoms with van der Waals surface area (Å²) < 4.78 is 4.61. The van der Waals surface area contributed by atoms with Gasteiger partial charge in [-0.05, 0) is 0 Å². The molecule has 0 aromatic heterocycles. The highest BCUT2D eigenvalue weighted by Crippen LogP contribution is 2.02. The van der Waals surface area contributed by atoms with Crippen molar-refractivity contribution in [3.8, 4) is 0 Å². The molecular formula is C2H5NOS. The van der Waals surface area contributed by atoms with Gasteiger partial charge in [0.1, 0.15) is 0 Å². The average Bonchev–Trinajstić information content (AvgIpc) is 1.76. The third-order valence-corrected chi connectivity index (χ3v) is 1.01. The molecule has 30 valence electrons. The van der Waals surface area contributed by atoms with Gasteiger partial charge in [0, 0.05) is 24.3 Å². The first-order valence-corrected chi connectivity index (χ1v) is 2.42. The van der Waals surface area contributed by atoms with E-state index in [1.165, 1.54) is 12.0 Å². The molecule has 0 aliphatic carbocycles. The second-order valence-corrected chi connectivity index (χ2v) is 1.61. The normalized spacial score (nSPS) is 24.0. The summed E-state index contributed by atoms with van der Waals surface area (Å²) in [5, 5.41) is 0. The Kier molecular flexibility index (Phi) is 1.14. The largest absolute Gasteiger partial charge is 0.231 e. The highest BCUT2D eigenvalue weighted by molar-refractivity contribution is 7.94. The first-order chi connectivity index (χ1) is 2.50. The van der Waals surface area contributed by atoms with E-state index in [2.05, 4.69) is 9.76 Å². The number of hydrogen-bond acceptors (Lipinski definition) is 3. The van der Waals surface area contributed by atoms with E-state index in [0.717, 1.165) is 12.3 Å². The van der Waals surface area contributed by atoms with Gasteiger partial charge in [0.05, 0.1) is 0 Å². The number of hydrogen-bond donors (Lipinski definition) is 1. The van der Waals surface area contributed by atoms with E-state index in [1.54, 1.807) is 0 Å². The van der Waals surface area contributed by atoms with Crippen LogP contribution in [0.3, 0.4) is 0 Å². The summed E-state index contributed by atoms with van der Waals surface area (Å²) in [5.41, 5.74) is 2.69. The van der Waals surface area contributed by atoms with Gasteiger partial charge in [-0.3, -0.25) is 0 Å². The maximum Gasteiger partial charge on any atom is 0.0366 e. The molecule has 1 N–H and O–H groups in total. The van der Waals surface area contributed by atoms with Gasteiger partial charge in [0.15, 0.2) is 0 Å². The molecular weight excluding hydrogens is 86.1 g/mol. The molecule has 0 bridgehead atoms. The Labute approximate surface area is 35.0 Å². The highest BCUT2D eigenvalue weighted by Gasteiger charge is 1.94. The van der Waals surface area contributed by atoms with E-state index in [-0.39, 0.29) is 0 Å². The number of hydroxylamine groups is 1. The minimum absolute atomic E-state index is 0.991. The van der Waals surface area contributed by atoms with Gasteiger partial charge < -0.3 is 0 Å². The van der Waals surface area contributed by atoms with Crippen molar-refractivity contribution < 1.29 is 4.28 Å². The van der Waals surface area contributed by atoms with Crippen molar-refractivity contribution in [1.82, 2.24) is 5.48 Å². The third kappa shape index (κ3) is 0.792. The Bertz CT molecular complexity index is 21.2. The Morgan fingerprint density at radius 2 is 2.80 bits per heavy atom. The number of rotatable bonds is 0. The molecule has 1 saturated heterocycles. The average molecular weight is 91.1 g/mol. The Hall–Kier alpha value is 0.270. The van der Waals surface area contributed by atoms with E-state index in [1.807, 2.05) is 0 Å². The Balaban J connectivity index is 2.08. The molecule has 1 aliphatic heterocycles. The zero-order valence-corrected chi connectivity index (χ0v) is 3.55. The molecule has 2 nitrogen and oxygen atoms in total. The lowest BCUT2D eigenvalue weighted by atomic mass is 10.8. The van der Waals surface area contributed by atoms with Crippen LogP contribution in [0, 0.1) is 0 Å². The van der Waals surface area contributed by atoms with Crippen LogP contribution in [0.1, 0.15) is 0 Å². The zero-order chi connectivity index (χ0) is 3.54. The van der Waals surface area contributed by atoms with Crippen molar-refractivity contribution in [2.75, 3.05) is 12.3 Å². The van der Waals surface area contributed by atoms with Crippen LogP contribution in [0.25, 0.3) is 0 Å². The Morgan fingerprint density at radius 1 is 1.80 bits per heavy atom.